The van der Waals surface area contributed by atoms with Gasteiger partial charge < -0.3 is 14.9 Å². The molecule has 0 spiro atoms. The van der Waals surface area contributed by atoms with Crippen LogP contribution < -0.4 is 10.1 Å². The van der Waals surface area contributed by atoms with Crippen LogP contribution in [0.3, 0.4) is 0 Å². The van der Waals surface area contributed by atoms with Gasteiger partial charge in [-0.05, 0) is 48.9 Å². The molecule has 0 aliphatic rings. The van der Waals surface area contributed by atoms with E-state index in [0.29, 0.717) is 17.3 Å². The summed E-state index contributed by atoms with van der Waals surface area (Å²) in [5.74, 6) is 0.464. The zero-order valence-corrected chi connectivity index (χ0v) is 13.4. The fourth-order valence-corrected chi connectivity index (χ4v) is 1.94. The van der Waals surface area contributed by atoms with E-state index < -0.39 is 0 Å². The third kappa shape index (κ3) is 5.64. The highest BCUT2D eigenvalue weighted by Gasteiger charge is 2.05. The van der Waals surface area contributed by atoms with Crippen molar-refractivity contribution in [2.75, 3.05) is 18.5 Å². The number of carbonyl (C=O) groups is 1. The van der Waals surface area contributed by atoms with Crippen molar-refractivity contribution in [1.82, 2.24) is 0 Å². The van der Waals surface area contributed by atoms with Gasteiger partial charge in [0.05, 0.1) is 23.5 Å². The van der Waals surface area contributed by atoms with Gasteiger partial charge in [0.2, 0.25) is 0 Å². The monoisotopic (exact) mass is 332 g/mol. The number of nitrogens with one attached hydrogen (secondary N) is 1. The van der Waals surface area contributed by atoms with Crippen LogP contribution in [-0.2, 0) is 9.63 Å². The summed E-state index contributed by atoms with van der Waals surface area (Å²) in [5, 5.41) is 6.88. The molecule has 2 rings (SSSR count). The van der Waals surface area contributed by atoms with Gasteiger partial charge in [-0.3, -0.25) is 4.79 Å². The van der Waals surface area contributed by atoms with Crippen molar-refractivity contribution in [3.8, 4) is 5.75 Å². The lowest BCUT2D eigenvalue weighted by Gasteiger charge is -2.05. The third-order valence-electron chi connectivity index (χ3n) is 2.81. The molecule has 23 heavy (non-hydrogen) atoms. The minimum Gasteiger partial charge on any atom is -0.494 e. The third-order valence-corrected chi connectivity index (χ3v) is 3.14. The molecule has 0 heterocycles. The summed E-state index contributed by atoms with van der Waals surface area (Å²) in [7, 11) is 0. The Bertz CT molecular complexity index is 672. The van der Waals surface area contributed by atoms with Gasteiger partial charge >= 0.3 is 0 Å². The highest BCUT2D eigenvalue weighted by Crippen LogP contribution is 2.20. The number of hydrogen-bond acceptors (Lipinski definition) is 4. The van der Waals surface area contributed by atoms with Gasteiger partial charge in [-0.15, -0.1) is 0 Å². The largest absolute Gasteiger partial charge is 0.494 e. The van der Waals surface area contributed by atoms with Gasteiger partial charge in [-0.2, -0.15) is 0 Å². The highest BCUT2D eigenvalue weighted by molar-refractivity contribution is 6.33. The van der Waals surface area contributed by atoms with E-state index >= 15 is 0 Å². The minimum absolute atomic E-state index is 0.196. The number of benzene rings is 2. The van der Waals surface area contributed by atoms with E-state index in [0.717, 1.165) is 11.3 Å². The predicted octanol–water partition coefficient (Wildman–Crippen LogP) is 3.73. The number of oxime groups is 1. The van der Waals surface area contributed by atoms with E-state index in [4.69, 9.17) is 21.2 Å². The van der Waals surface area contributed by atoms with Gasteiger partial charge in [0.1, 0.15) is 5.75 Å². The molecule has 0 atom stereocenters. The van der Waals surface area contributed by atoms with Gasteiger partial charge in [0.15, 0.2) is 6.61 Å². The lowest BCUT2D eigenvalue weighted by molar-refractivity contribution is -0.120. The number of nitrogens with zero attached hydrogens (tertiary/aromatic N) is 1. The summed E-state index contributed by atoms with van der Waals surface area (Å²) in [4.78, 5) is 16.7. The van der Waals surface area contributed by atoms with Crippen LogP contribution in [0, 0.1) is 0 Å². The zero-order valence-electron chi connectivity index (χ0n) is 12.7. The second-order valence-electron chi connectivity index (χ2n) is 4.54. The smallest absolute Gasteiger partial charge is 0.265 e. The number of rotatable bonds is 7. The topological polar surface area (TPSA) is 59.9 Å². The van der Waals surface area contributed by atoms with Crippen LogP contribution in [0.5, 0.6) is 5.75 Å². The summed E-state index contributed by atoms with van der Waals surface area (Å²) in [6.07, 6.45) is 1.53. The van der Waals surface area contributed by atoms with Crippen molar-refractivity contribution in [1.29, 1.82) is 0 Å². The molecule has 0 aromatic heterocycles. The first-order valence-electron chi connectivity index (χ1n) is 7.11. The average molecular weight is 333 g/mol. The summed E-state index contributed by atoms with van der Waals surface area (Å²) in [6.45, 7) is 2.35. The quantitative estimate of drug-likeness (QED) is 0.621. The Hall–Kier alpha value is -2.53. The average Bonchev–Trinajstić information content (AvgIpc) is 2.55. The van der Waals surface area contributed by atoms with Crippen LogP contribution >= 0.6 is 11.6 Å². The molecule has 0 radical (unpaired) electrons. The summed E-state index contributed by atoms with van der Waals surface area (Å²) >= 11 is 5.95. The lowest BCUT2D eigenvalue weighted by atomic mass is 10.2. The molecule has 0 fully saturated rings. The molecule has 0 aliphatic heterocycles. The van der Waals surface area contributed by atoms with Crippen molar-refractivity contribution >= 4 is 29.4 Å². The van der Waals surface area contributed by atoms with E-state index in [1.165, 1.54) is 6.21 Å². The number of anilines is 1. The molecule has 1 amide bonds. The number of halogens is 1. The second kappa shape index (κ2) is 8.80. The Morgan fingerprint density at radius 2 is 1.96 bits per heavy atom. The first-order valence-corrected chi connectivity index (χ1v) is 7.49. The normalized spacial score (nSPS) is 10.5. The predicted molar refractivity (Wildman–Crippen MR) is 91.2 cm³/mol. The standard InChI is InChI=1S/C17H17ClN2O3/c1-2-22-14-9-7-13(8-10-14)11-19-23-12-17(21)20-16-6-4-3-5-15(16)18/h3-11H,2,12H2,1H3,(H,20,21)/b19-11-. The Balaban J connectivity index is 1.77. The maximum atomic E-state index is 11.7. The number of carbonyl (C=O) groups excluding carboxylic acids is 1. The van der Waals surface area contributed by atoms with Crippen LogP contribution in [0.4, 0.5) is 5.69 Å². The van der Waals surface area contributed by atoms with Gasteiger partial charge in [0.25, 0.3) is 5.91 Å². The zero-order chi connectivity index (χ0) is 16.5. The molecule has 2 aromatic carbocycles. The van der Waals surface area contributed by atoms with E-state index in [1.807, 2.05) is 31.2 Å². The van der Waals surface area contributed by atoms with Crippen LogP contribution in [0.1, 0.15) is 12.5 Å². The van der Waals surface area contributed by atoms with Gasteiger partial charge in [-0.1, -0.05) is 28.9 Å². The molecule has 0 unspecified atom stereocenters. The fraction of sp³-hybridized carbons (Fsp3) is 0.176. The number of hydrogen-bond donors (Lipinski definition) is 1. The highest BCUT2D eigenvalue weighted by atomic mass is 35.5. The lowest BCUT2D eigenvalue weighted by Crippen LogP contribution is -2.17. The van der Waals surface area contributed by atoms with Crippen molar-refractivity contribution < 1.29 is 14.4 Å². The summed E-state index contributed by atoms with van der Waals surface area (Å²) < 4.78 is 5.34. The van der Waals surface area contributed by atoms with E-state index in [1.54, 1.807) is 24.3 Å². The van der Waals surface area contributed by atoms with E-state index in [9.17, 15) is 4.79 Å². The van der Waals surface area contributed by atoms with E-state index in [2.05, 4.69) is 10.5 Å². The van der Waals surface area contributed by atoms with E-state index in [-0.39, 0.29) is 12.5 Å². The van der Waals surface area contributed by atoms with Crippen LogP contribution in [-0.4, -0.2) is 25.3 Å². The van der Waals surface area contributed by atoms with Gasteiger partial charge in [0, 0.05) is 0 Å². The first kappa shape index (κ1) is 16.8. The molecule has 0 aliphatic carbocycles. The Morgan fingerprint density at radius 3 is 2.65 bits per heavy atom. The molecule has 0 bridgehead atoms. The number of ether oxygens (including phenoxy) is 1. The molecule has 6 heteroatoms. The van der Waals surface area contributed by atoms with Crippen molar-refractivity contribution in [3.05, 3.63) is 59.1 Å². The molecule has 0 saturated heterocycles. The number of amides is 1. The Morgan fingerprint density at radius 1 is 1.22 bits per heavy atom. The van der Waals surface area contributed by atoms with Crippen molar-refractivity contribution in [3.63, 3.8) is 0 Å². The fourth-order valence-electron chi connectivity index (χ4n) is 1.76. The summed E-state index contributed by atoms with van der Waals surface area (Å²) in [6, 6.07) is 14.4. The molecular formula is C17H17ClN2O3. The maximum absolute atomic E-state index is 11.7. The van der Waals surface area contributed by atoms with Crippen molar-refractivity contribution in [2.24, 2.45) is 5.16 Å². The number of para-hydroxylation sites is 1. The molecule has 0 saturated carbocycles. The SMILES string of the molecule is CCOc1ccc(/C=N\OCC(=O)Nc2ccccc2Cl)cc1. The molecule has 2 aromatic rings. The van der Waals surface area contributed by atoms with Crippen LogP contribution in [0.2, 0.25) is 5.02 Å². The van der Waals surface area contributed by atoms with Crippen molar-refractivity contribution in [2.45, 2.75) is 6.92 Å². The molecular weight excluding hydrogens is 316 g/mol. The van der Waals surface area contributed by atoms with Crippen LogP contribution in [0.25, 0.3) is 0 Å². The molecule has 5 nitrogen and oxygen atoms in total. The minimum atomic E-state index is -0.332. The summed E-state index contributed by atoms with van der Waals surface area (Å²) in [5.41, 5.74) is 1.39. The molecule has 120 valence electrons. The molecule has 1 N–H and O–H groups in total. The maximum Gasteiger partial charge on any atom is 0.265 e. The Kier molecular flexibility index (Phi) is 6.44. The first-order chi connectivity index (χ1) is 11.2. The van der Waals surface area contributed by atoms with Gasteiger partial charge in [-0.25, -0.2) is 0 Å². The second-order valence-corrected chi connectivity index (χ2v) is 4.95. The Labute approximate surface area is 139 Å². The van der Waals surface area contributed by atoms with Crippen LogP contribution in [0.15, 0.2) is 53.7 Å².